The van der Waals surface area contributed by atoms with E-state index in [1.54, 1.807) is 21.3 Å². The van der Waals surface area contributed by atoms with Crippen molar-refractivity contribution >= 4 is 0 Å². The fourth-order valence-corrected chi connectivity index (χ4v) is 9.44. The largest absolute Gasteiger partial charge is 0.497 e. The van der Waals surface area contributed by atoms with Crippen LogP contribution in [0.2, 0.25) is 0 Å². The van der Waals surface area contributed by atoms with Gasteiger partial charge in [0.1, 0.15) is 17.2 Å². The average molecular weight is 751 g/mol. The second-order valence-electron chi connectivity index (χ2n) is 16.5. The molecule has 298 valence electrons. The first-order valence-electron chi connectivity index (χ1n) is 20.2. The standard InChI is InChI=1S/C25H35NO2.C23H31NO3/c1-26(2)19-23-15-14-22(17-21-11-7-13-24(18-21)28-3)25(23,27)16-8-12-20-9-5-4-6-10-20;1-24(2)16-20-9-8-19(14-17-6-5-7-22(15-17)27-4)23(20,25)18-10-12-21(26-3)13-11-18/h4-7,9-11,13,18,22-23,27H,8,12,14-17,19H2,1-3H3;5-7,10-13,15,19-20,25H,8-9,14,16H2,1-4H3. The van der Waals surface area contributed by atoms with Gasteiger partial charge in [0, 0.05) is 24.9 Å². The van der Waals surface area contributed by atoms with Gasteiger partial charge in [-0.25, -0.2) is 0 Å². The molecule has 2 fully saturated rings. The van der Waals surface area contributed by atoms with Crippen LogP contribution in [0.25, 0.3) is 0 Å². The molecule has 4 aromatic rings. The lowest BCUT2D eigenvalue weighted by atomic mass is 9.75. The number of nitrogens with zero attached hydrogens (tertiary/aromatic N) is 2. The van der Waals surface area contributed by atoms with Gasteiger partial charge in [0.25, 0.3) is 0 Å². The highest BCUT2D eigenvalue weighted by molar-refractivity contribution is 5.35. The van der Waals surface area contributed by atoms with Crippen LogP contribution in [0.3, 0.4) is 0 Å². The lowest BCUT2D eigenvalue weighted by Crippen LogP contribution is -2.44. The van der Waals surface area contributed by atoms with E-state index in [0.29, 0.717) is 11.8 Å². The van der Waals surface area contributed by atoms with Gasteiger partial charge in [0.05, 0.1) is 32.5 Å². The SMILES string of the molecule is COc1ccc(C2(O)C(Cc3cccc(OC)c3)CCC2CN(C)C)cc1.COc1cccc(CC2CCC(CN(C)C)C2(O)CCCc2ccccc2)c1. The molecular formula is C48H66N2O5. The summed E-state index contributed by atoms with van der Waals surface area (Å²) in [6.45, 7) is 1.83. The normalized spacial score (nSPS) is 24.8. The molecule has 0 saturated heterocycles. The van der Waals surface area contributed by atoms with Gasteiger partial charge >= 0.3 is 0 Å². The van der Waals surface area contributed by atoms with Crippen LogP contribution in [0.4, 0.5) is 0 Å². The minimum absolute atomic E-state index is 0.169. The summed E-state index contributed by atoms with van der Waals surface area (Å²) in [5.41, 5.74) is 3.37. The van der Waals surface area contributed by atoms with Crippen molar-refractivity contribution in [3.63, 3.8) is 0 Å². The molecule has 7 nitrogen and oxygen atoms in total. The van der Waals surface area contributed by atoms with Crippen molar-refractivity contribution in [1.29, 1.82) is 0 Å². The molecule has 0 radical (unpaired) electrons. The van der Waals surface area contributed by atoms with Gasteiger partial charge in [0.2, 0.25) is 0 Å². The molecule has 0 amide bonds. The Morgan fingerprint density at radius 3 is 1.60 bits per heavy atom. The Kier molecular flexibility index (Phi) is 15.2. The van der Waals surface area contributed by atoms with Crippen molar-refractivity contribution in [1.82, 2.24) is 9.80 Å². The number of methoxy groups -OCH3 is 3. The van der Waals surface area contributed by atoms with Crippen molar-refractivity contribution in [3.8, 4) is 17.2 Å². The highest BCUT2D eigenvalue weighted by Gasteiger charge is 2.50. The topological polar surface area (TPSA) is 74.6 Å². The van der Waals surface area contributed by atoms with Crippen LogP contribution in [0, 0.1) is 23.7 Å². The van der Waals surface area contributed by atoms with E-state index >= 15 is 0 Å². The maximum Gasteiger partial charge on any atom is 0.119 e. The van der Waals surface area contributed by atoms with Crippen LogP contribution in [-0.4, -0.2) is 88.2 Å². The van der Waals surface area contributed by atoms with Crippen molar-refractivity contribution in [2.24, 2.45) is 23.7 Å². The molecule has 55 heavy (non-hydrogen) atoms. The second kappa shape index (κ2) is 19.8. The molecule has 6 rings (SSSR count). The highest BCUT2D eigenvalue weighted by atomic mass is 16.5. The molecule has 0 aromatic heterocycles. The zero-order valence-corrected chi connectivity index (χ0v) is 34.4. The minimum Gasteiger partial charge on any atom is -0.497 e. The fraction of sp³-hybridized carbons (Fsp3) is 0.500. The van der Waals surface area contributed by atoms with Crippen LogP contribution in [-0.2, 0) is 24.9 Å². The third kappa shape index (κ3) is 10.9. The molecule has 0 heterocycles. The molecule has 2 aliphatic rings. The molecule has 7 heteroatoms. The van der Waals surface area contributed by atoms with E-state index in [9.17, 15) is 10.2 Å². The summed E-state index contributed by atoms with van der Waals surface area (Å²) < 4.78 is 16.1. The molecule has 4 aromatic carbocycles. The third-order valence-corrected chi connectivity index (χ3v) is 12.2. The molecular weight excluding hydrogens is 685 g/mol. The number of aliphatic hydroxyl groups is 2. The monoisotopic (exact) mass is 750 g/mol. The van der Waals surface area contributed by atoms with Gasteiger partial charge in [-0.2, -0.15) is 0 Å². The Hall–Kier alpha value is -3.88. The number of hydrogen-bond donors (Lipinski definition) is 2. The van der Waals surface area contributed by atoms with Crippen molar-refractivity contribution in [3.05, 3.63) is 125 Å². The molecule has 0 bridgehead atoms. The van der Waals surface area contributed by atoms with E-state index in [0.717, 1.165) is 93.7 Å². The first-order valence-corrected chi connectivity index (χ1v) is 20.2. The Morgan fingerprint density at radius 2 is 1.04 bits per heavy atom. The Labute approximate surface area is 331 Å². The third-order valence-electron chi connectivity index (χ3n) is 12.2. The zero-order valence-electron chi connectivity index (χ0n) is 34.4. The smallest absolute Gasteiger partial charge is 0.119 e. The summed E-state index contributed by atoms with van der Waals surface area (Å²) in [6.07, 6.45) is 8.92. The van der Waals surface area contributed by atoms with Crippen LogP contribution in [0.1, 0.15) is 60.8 Å². The molecule has 6 atom stereocenters. The molecule has 2 N–H and O–H groups in total. The molecule has 2 saturated carbocycles. The van der Waals surface area contributed by atoms with Crippen LogP contribution < -0.4 is 14.2 Å². The maximum absolute atomic E-state index is 12.0. The summed E-state index contributed by atoms with van der Waals surface area (Å²) >= 11 is 0. The minimum atomic E-state index is -0.848. The average Bonchev–Trinajstić information content (AvgIpc) is 3.66. The quantitative estimate of drug-likeness (QED) is 0.119. The van der Waals surface area contributed by atoms with Gasteiger partial charge in [0.15, 0.2) is 0 Å². The highest BCUT2D eigenvalue weighted by Crippen LogP contribution is 2.50. The number of ether oxygens (including phenoxy) is 3. The molecule has 0 aliphatic heterocycles. The molecule has 6 unspecified atom stereocenters. The Bertz CT molecular complexity index is 1730. The van der Waals surface area contributed by atoms with E-state index < -0.39 is 11.2 Å². The lowest BCUT2D eigenvalue weighted by Gasteiger charge is -2.37. The number of benzene rings is 4. The second-order valence-corrected chi connectivity index (χ2v) is 16.5. The van der Waals surface area contributed by atoms with Gasteiger partial charge in [-0.15, -0.1) is 0 Å². The maximum atomic E-state index is 12.0. The first-order chi connectivity index (χ1) is 26.5. The molecule has 2 aliphatic carbocycles. The van der Waals surface area contributed by atoms with Gasteiger partial charge in [-0.1, -0.05) is 66.7 Å². The van der Waals surface area contributed by atoms with Gasteiger partial charge in [-0.05, 0) is 156 Å². The summed E-state index contributed by atoms with van der Waals surface area (Å²) in [7, 11) is 13.4. The van der Waals surface area contributed by atoms with E-state index in [1.807, 2.05) is 42.5 Å². The van der Waals surface area contributed by atoms with E-state index in [1.165, 1.54) is 16.7 Å². The van der Waals surface area contributed by atoms with Crippen LogP contribution >= 0.6 is 0 Å². The number of rotatable bonds is 16. The fourth-order valence-electron chi connectivity index (χ4n) is 9.44. The van der Waals surface area contributed by atoms with Gasteiger partial charge < -0.3 is 34.2 Å². The van der Waals surface area contributed by atoms with Crippen molar-refractivity contribution in [2.45, 2.75) is 69.0 Å². The number of hydrogen-bond acceptors (Lipinski definition) is 7. The van der Waals surface area contributed by atoms with Gasteiger partial charge in [-0.3, -0.25) is 0 Å². The summed E-state index contributed by atoms with van der Waals surface area (Å²) in [4.78, 5) is 4.40. The lowest BCUT2D eigenvalue weighted by molar-refractivity contribution is -0.0510. The summed E-state index contributed by atoms with van der Waals surface area (Å²) in [5, 5.41) is 23.9. The van der Waals surface area contributed by atoms with E-state index in [4.69, 9.17) is 14.2 Å². The predicted octanol–water partition coefficient (Wildman–Crippen LogP) is 8.30. The Morgan fingerprint density at radius 1 is 0.545 bits per heavy atom. The number of aryl methyl sites for hydroxylation is 1. The van der Waals surface area contributed by atoms with Crippen molar-refractivity contribution < 1.29 is 24.4 Å². The van der Waals surface area contributed by atoms with Crippen LogP contribution in [0.5, 0.6) is 17.2 Å². The summed E-state index contributed by atoms with van der Waals surface area (Å²) in [5.74, 6) is 3.60. The molecule has 0 spiro atoms. The Balaban J connectivity index is 0.000000211. The van der Waals surface area contributed by atoms with E-state index in [-0.39, 0.29) is 11.8 Å². The van der Waals surface area contributed by atoms with E-state index in [2.05, 4.69) is 98.7 Å². The first kappa shape index (κ1) is 42.3. The zero-order chi connectivity index (χ0) is 39.4. The van der Waals surface area contributed by atoms with Crippen LogP contribution in [0.15, 0.2) is 103 Å². The summed E-state index contributed by atoms with van der Waals surface area (Å²) in [6, 6.07) is 35.0. The predicted molar refractivity (Wildman–Crippen MR) is 224 cm³/mol. The van der Waals surface area contributed by atoms with Crippen molar-refractivity contribution in [2.75, 3.05) is 62.6 Å².